The van der Waals surface area contributed by atoms with E-state index in [1.165, 1.54) is 6.08 Å². The Kier molecular flexibility index (Phi) is 6.93. The zero-order valence-electron chi connectivity index (χ0n) is 17.8. The van der Waals surface area contributed by atoms with Crippen molar-refractivity contribution in [2.75, 3.05) is 4.90 Å². The summed E-state index contributed by atoms with van der Waals surface area (Å²) in [4.78, 5) is 39.2. The van der Waals surface area contributed by atoms with Crippen LogP contribution in [0.2, 0.25) is 15.1 Å². The maximum absolute atomic E-state index is 13.2. The van der Waals surface area contributed by atoms with Crippen LogP contribution in [0.3, 0.4) is 0 Å². The van der Waals surface area contributed by atoms with Crippen LogP contribution in [0.1, 0.15) is 16.7 Å². The van der Waals surface area contributed by atoms with Crippen LogP contribution >= 0.6 is 34.8 Å². The number of halogens is 3. The van der Waals surface area contributed by atoms with Crippen LogP contribution in [0, 0.1) is 6.92 Å². The van der Waals surface area contributed by atoms with Crippen molar-refractivity contribution in [2.45, 2.75) is 13.5 Å². The summed E-state index contributed by atoms with van der Waals surface area (Å²) in [6, 6.07) is 16.0. The fourth-order valence-electron chi connectivity index (χ4n) is 3.40. The van der Waals surface area contributed by atoms with Gasteiger partial charge in [0.1, 0.15) is 17.9 Å². The van der Waals surface area contributed by atoms with E-state index in [9.17, 15) is 14.4 Å². The first kappa shape index (κ1) is 23.8. The summed E-state index contributed by atoms with van der Waals surface area (Å²) in [5.41, 5.74) is 2.01. The van der Waals surface area contributed by atoms with Crippen molar-refractivity contribution in [2.24, 2.45) is 0 Å². The Bertz CT molecular complexity index is 1350. The second-order valence-corrected chi connectivity index (χ2v) is 8.71. The first-order chi connectivity index (χ1) is 16.2. The Morgan fingerprint density at radius 2 is 1.71 bits per heavy atom. The fraction of sp³-hybridized carbons (Fsp3) is 0.0800. The standard InChI is InChI=1S/C25H17Cl3N2O4/c1-14-4-2-3-5-21(14)30-24(32)18(23(31)29-25(30)33)12-16-11-17(26)7-9-22(16)34-13-15-6-8-19(27)20(28)10-15/h2-12H,13H2,1H3,(H,29,31,33)/b18-12+. The number of hydrogen-bond acceptors (Lipinski definition) is 4. The minimum Gasteiger partial charge on any atom is -0.488 e. The number of benzene rings is 3. The van der Waals surface area contributed by atoms with Gasteiger partial charge in [-0.2, -0.15) is 0 Å². The lowest BCUT2D eigenvalue weighted by molar-refractivity contribution is -0.122. The molecule has 6 nitrogen and oxygen atoms in total. The lowest BCUT2D eigenvalue weighted by Crippen LogP contribution is -2.54. The first-order valence-electron chi connectivity index (χ1n) is 10.1. The second-order valence-electron chi connectivity index (χ2n) is 7.46. The number of nitrogens with zero attached hydrogens (tertiary/aromatic N) is 1. The average molecular weight is 516 g/mol. The number of rotatable bonds is 5. The van der Waals surface area contributed by atoms with Crippen LogP contribution in [-0.4, -0.2) is 17.8 Å². The molecule has 4 rings (SSSR count). The minimum absolute atomic E-state index is 0.155. The Hall–Kier alpha value is -3.32. The number of carbonyl (C=O) groups is 3. The van der Waals surface area contributed by atoms with E-state index in [1.807, 2.05) is 0 Å². The van der Waals surface area contributed by atoms with Gasteiger partial charge >= 0.3 is 6.03 Å². The summed E-state index contributed by atoms with van der Waals surface area (Å²) < 4.78 is 5.91. The Labute approximate surface area is 210 Å². The van der Waals surface area contributed by atoms with Crippen molar-refractivity contribution in [3.8, 4) is 5.75 Å². The topological polar surface area (TPSA) is 75.7 Å². The van der Waals surface area contributed by atoms with Crippen LogP contribution in [-0.2, 0) is 16.2 Å². The summed E-state index contributed by atoms with van der Waals surface area (Å²) in [7, 11) is 0. The maximum atomic E-state index is 13.2. The molecule has 0 atom stereocenters. The van der Waals surface area contributed by atoms with E-state index >= 15 is 0 Å². The number of carbonyl (C=O) groups excluding carboxylic acids is 3. The van der Waals surface area contributed by atoms with Gasteiger partial charge in [0, 0.05) is 10.6 Å². The predicted molar refractivity (Wildman–Crippen MR) is 132 cm³/mol. The average Bonchev–Trinajstić information content (AvgIpc) is 2.79. The predicted octanol–water partition coefficient (Wildman–Crippen LogP) is 6.20. The van der Waals surface area contributed by atoms with Crippen molar-refractivity contribution in [3.63, 3.8) is 0 Å². The van der Waals surface area contributed by atoms with Crippen LogP contribution in [0.15, 0.2) is 66.2 Å². The van der Waals surface area contributed by atoms with Gasteiger partial charge in [-0.25, -0.2) is 9.69 Å². The molecular weight excluding hydrogens is 499 g/mol. The molecule has 0 spiro atoms. The van der Waals surface area contributed by atoms with Gasteiger partial charge in [0.25, 0.3) is 11.8 Å². The molecule has 172 valence electrons. The third-order valence-electron chi connectivity index (χ3n) is 5.11. The zero-order chi connectivity index (χ0) is 24.4. The molecule has 0 unspecified atom stereocenters. The smallest absolute Gasteiger partial charge is 0.335 e. The molecule has 0 aliphatic carbocycles. The highest BCUT2D eigenvalue weighted by Crippen LogP contribution is 2.30. The van der Waals surface area contributed by atoms with Crippen LogP contribution in [0.25, 0.3) is 6.08 Å². The van der Waals surface area contributed by atoms with Crippen LogP contribution in [0.5, 0.6) is 5.75 Å². The number of amides is 4. The van der Waals surface area contributed by atoms with Gasteiger partial charge in [0.15, 0.2) is 0 Å². The number of barbiturate groups is 1. The van der Waals surface area contributed by atoms with Gasteiger partial charge < -0.3 is 4.74 Å². The van der Waals surface area contributed by atoms with E-state index in [2.05, 4.69) is 5.32 Å². The molecule has 34 heavy (non-hydrogen) atoms. The molecule has 1 heterocycles. The second kappa shape index (κ2) is 9.89. The summed E-state index contributed by atoms with van der Waals surface area (Å²) in [5.74, 6) is -1.18. The van der Waals surface area contributed by atoms with Gasteiger partial charge in [-0.05, 0) is 60.5 Å². The number of urea groups is 1. The monoisotopic (exact) mass is 514 g/mol. The Morgan fingerprint density at radius 1 is 0.941 bits per heavy atom. The Balaban J connectivity index is 1.68. The lowest BCUT2D eigenvalue weighted by Gasteiger charge is -2.27. The van der Waals surface area contributed by atoms with Crippen molar-refractivity contribution < 1.29 is 19.1 Å². The first-order valence-corrected chi connectivity index (χ1v) is 11.2. The SMILES string of the molecule is Cc1ccccc1N1C(=O)NC(=O)/C(=C\c2cc(Cl)ccc2OCc2ccc(Cl)c(Cl)c2)C1=O. The largest absolute Gasteiger partial charge is 0.488 e. The molecule has 1 fully saturated rings. The molecule has 3 aromatic rings. The molecule has 3 aromatic carbocycles. The van der Waals surface area contributed by atoms with Gasteiger partial charge in [-0.3, -0.25) is 14.9 Å². The van der Waals surface area contributed by atoms with Crippen LogP contribution in [0.4, 0.5) is 10.5 Å². The molecule has 0 bridgehead atoms. The summed E-state index contributed by atoms with van der Waals surface area (Å²) in [6.07, 6.45) is 1.35. The quantitative estimate of drug-likeness (QED) is 0.324. The highest BCUT2D eigenvalue weighted by molar-refractivity contribution is 6.42. The number of aryl methyl sites for hydroxylation is 1. The van der Waals surface area contributed by atoms with Gasteiger partial charge in [0.2, 0.25) is 0 Å². The van der Waals surface area contributed by atoms with Crippen LogP contribution < -0.4 is 15.0 Å². The highest BCUT2D eigenvalue weighted by atomic mass is 35.5. The lowest BCUT2D eigenvalue weighted by atomic mass is 10.0. The molecule has 1 aliphatic rings. The Morgan fingerprint density at radius 3 is 2.44 bits per heavy atom. The molecule has 0 aromatic heterocycles. The summed E-state index contributed by atoms with van der Waals surface area (Å²) >= 11 is 18.2. The van der Waals surface area contributed by atoms with Gasteiger partial charge in [0.05, 0.1) is 15.7 Å². The van der Waals surface area contributed by atoms with Crippen molar-refractivity contribution in [3.05, 3.63) is 98.0 Å². The number of nitrogens with one attached hydrogen (secondary N) is 1. The fourth-order valence-corrected chi connectivity index (χ4v) is 3.90. The normalized spacial score (nSPS) is 15.0. The van der Waals surface area contributed by atoms with Gasteiger partial charge in [-0.1, -0.05) is 59.1 Å². The highest BCUT2D eigenvalue weighted by Gasteiger charge is 2.37. The molecular formula is C25H17Cl3N2O4. The van der Waals surface area contributed by atoms with E-state index in [0.29, 0.717) is 37.6 Å². The third-order valence-corrected chi connectivity index (χ3v) is 6.08. The van der Waals surface area contributed by atoms with Crippen molar-refractivity contribution in [1.82, 2.24) is 5.32 Å². The van der Waals surface area contributed by atoms with E-state index < -0.39 is 17.8 Å². The summed E-state index contributed by atoms with van der Waals surface area (Å²) in [5, 5.41) is 3.42. The van der Waals surface area contributed by atoms with E-state index in [4.69, 9.17) is 39.5 Å². The number of imide groups is 2. The number of para-hydroxylation sites is 1. The van der Waals surface area contributed by atoms with E-state index in [1.54, 1.807) is 67.6 Å². The summed E-state index contributed by atoms with van der Waals surface area (Å²) in [6.45, 7) is 1.92. The number of ether oxygens (including phenoxy) is 1. The van der Waals surface area contributed by atoms with Gasteiger partial charge in [-0.15, -0.1) is 0 Å². The van der Waals surface area contributed by atoms with E-state index in [-0.39, 0.29) is 12.2 Å². The molecule has 1 aliphatic heterocycles. The zero-order valence-corrected chi connectivity index (χ0v) is 20.0. The molecule has 9 heteroatoms. The van der Waals surface area contributed by atoms with Crippen molar-refractivity contribution >= 4 is 64.4 Å². The molecule has 4 amide bonds. The van der Waals surface area contributed by atoms with Crippen molar-refractivity contribution in [1.29, 1.82) is 0 Å². The molecule has 1 saturated heterocycles. The third kappa shape index (κ3) is 4.94. The minimum atomic E-state index is -0.816. The molecule has 0 saturated carbocycles. The number of anilines is 1. The van der Waals surface area contributed by atoms with E-state index in [0.717, 1.165) is 10.5 Å². The molecule has 1 N–H and O–H groups in total. The molecule has 0 radical (unpaired) electrons. The maximum Gasteiger partial charge on any atom is 0.335 e. The number of hydrogen-bond donors (Lipinski definition) is 1.